The number of hydrogen-bond donors (Lipinski definition) is 1. The minimum Gasteiger partial charge on any atom is -0.478 e. The molecule has 5 nitrogen and oxygen atoms in total. The van der Waals surface area contributed by atoms with E-state index in [0.717, 1.165) is 68.3 Å². The van der Waals surface area contributed by atoms with E-state index in [1.807, 2.05) is 10.6 Å². The fourth-order valence-electron chi connectivity index (χ4n) is 5.08. The molecule has 2 aliphatic heterocycles. The topological polar surface area (TPSA) is 54.7 Å². The Morgan fingerprint density at radius 2 is 1.83 bits per heavy atom. The Morgan fingerprint density at radius 1 is 1.03 bits per heavy atom. The van der Waals surface area contributed by atoms with Gasteiger partial charge in [-0.2, -0.15) is 0 Å². The lowest BCUT2D eigenvalue weighted by atomic mass is 9.88. The maximum atomic E-state index is 12.1. The number of carbonyl (C=O) groups is 1. The van der Waals surface area contributed by atoms with Crippen LogP contribution < -0.4 is 4.74 Å². The van der Waals surface area contributed by atoms with E-state index in [2.05, 4.69) is 47.4 Å². The van der Waals surface area contributed by atoms with Gasteiger partial charge in [-0.1, -0.05) is 42.5 Å². The second-order valence-corrected chi connectivity index (χ2v) is 8.56. The zero-order chi connectivity index (χ0) is 20.5. The summed E-state index contributed by atoms with van der Waals surface area (Å²) in [5.41, 5.74) is 3.87. The van der Waals surface area contributed by atoms with E-state index in [1.165, 1.54) is 5.56 Å². The van der Waals surface area contributed by atoms with Crippen molar-refractivity contribution in [1.29, 1.82) is 0 Å². The van der Waals surface area contributed by atoms with E-state index in [9.17, 15) is 9.90 Å². The van der Waals surface area contributed by atoms with Gasteiger partial charge in [-0.15, -0.1) is 0 Å². The Kier molecular flexibility index (Phi) is 5.21. The van der Waals surface area contributed by atoms with Gasteiger partial charge in [0, 0.05) is 18.5 Å². The van der Waals surface area contributed by atoms with Gasteiger partial charge in [0.2, 0.25) is 5.88 Å². The van der Waals surface area contributed by atoms with E-state index in [4.69, 9.17) is 4.74 Å². The van der Waals surface area contributed by atoms with Crippen LogP contribution in [0.1, 0.15) is 40.7 Å². The molecule has 0 aliphatic carbocycles. The molecule has 2 aromatic carbocycles. The number of fused-ring (bicyclic) bond motifs is 3. The summed E-state index contributed by atoms with van der Waals surface area (Å²) in [5, 5.41) is 10.8. The van der Waals surface area contributed by atoms with Crippen molar-refractivity contribution in [1.82, 2.24) is 9.47 Å². The zero-order valence-electron chi connectivity index (χ0n) is 17.2. The summed E-state index contributed by atoms with van der Waals surface area (Å²) < 4.78 is 7.84. The smallest absolute Gasteiger partial charge is 0.341 e. The van der Waals surface area contributed by atoms with Crippen LogP contribution in [0.3, 0.4) is 0 Å². The number of hydrogen-bond acceptors (Lipinski definition) is 3. The molecule has 0 unspecified atom stereocenters. The first-order chi connectivity index (χ1) is 14.7. The largest absolute Gasteiger partial charge is 0.478 e. The molecule has 0 saturated carbocycles. The molecule has 3 heterocycles. The third-order valence-electron chi connectivity index (χ3n) is 6.57. The van der Waals surface area contributed by atoms with Gasteiger partial charge in [-0.05, 0) is 61.9 Å². The molecule has 2 aliphatic rings. The molecule has 5 heteroatoms. The number of benzene rings is 2. The minimum atomic E-state index is -0.888. The fraction of sp³-hybridized carbons (Fsp3) is 0.400. The number of aromatic carboxylic acids is 1. The first-order valence-electron chi connectivity index (χ1n) is 11.0. The highest BCUT2D eigenvalue weighted by Gasteiger charge is 2.28. The first-order valence-corrected chi connectivity index (χ1v) is 11.0. The van der Waals surface area contributed by atoms with E-state index in [0.29, 0.717) is 24.0 Å². The number of aromatic nitrogens is 1. The lowest BCUT2D eigenvalue weighted by Crippen LogP contribution is -2.33. The lowest BCUT2D eigenvalue weighted by Gasteiger charge is -2.32. The molecule has 3 aromatic rings. The number of aryl methyl sites for hydroxylation is 1. The molecule has 30 heavy (non-hydrogen) atoms. The van der Waals surface area contributed by atoms with E-state index < -0.39 is 5.97 Å². The predicted octanol–water partition coefficient (Wildman–Crippen LogP) is 4.58. The molecular formula is C25H28N2O3. The average Bonchev–Trinajstić information content (AvgIpc) is 3.12. The summed E-state index contributed by atoms with van der Waals surface area (Å²) in [6.07, 6.45) is 4.14. The van der Waals surface area contributed by atoms with Gasteiger partial charge < -0.3 is 14.4 Å². The molecule has 1 saturated heterocycles. The van der Waals surface area contributed by atoms with Crippen LogP contribution in [0.25, 0.3) is 10.9 Å². The van der Waals surface area contributed by atoms with Gasteiger partial charge in [0.15, 0.2) is 0 Å². The quantitative estimate of drug-likeness (QED) is 0.676. The molecule has 0 bridgehead atoms. The van der Waals surface area contributed by atoms with Gasteiger partial charge >= 0.3 is 5.97 Å². The molecule has 5 rings (SSSR count). The number of ether oxygens (including phenoxy) is 1. The predicted molar refractivity (Wildman–Crippen MR) is 117 cm³/mol. The van der Waals surface area contributed by atoms with E-state index in [1.54, 1.807) is 0 Å². The van der Waals surface area contributed by atoms with Crippen LogP contribution in [0.4, 0.5) is 0 Å². The minimum absolute atomic E-state index is 0.349. The van der Waals surface area contributed by atoms with Crippen LogP contribution in [0.5, 0.6) is 5.88 Å². The van der Waals surface area contributed by atoms with Gasteiger partial charge in [0.05, 0.1) is 12.1 Å². The third-order valence-corrected chi connectivity index (χ3v) is 6.57. The SMILES string of the molecule is O=C(O)c1c2n(c3cccc(CC4CCN(Cc5ccccc5)CC4)c13)CCCO2. The van der Waals surface area contributed by atoms with Crippen molar-refractivity contribution in [2.75, 3.05) is 19.7 Å². The Balaban J connectivity index is 1.35. The van der Waals surface area contributed by atoms with Gasteiger partial charge in [0.1, 0.15) is 5.56 Å². The number of carboxylic acids is 1. The first kappa shape index (κ1) is 19.2. The summed E-state index contributed by atoms with van der Waals surface area (Å²) in [7, 11) is 0. The Hall–Kier alpha value is -2.79. The third kappa shape index (κ3) is 3.58. The number of carboxylic acid groups (broad SMARTS) is 1. The van der Waals surface area contributed by atoms with Crippen LogP contribution in [-0.4, -0.2) is 40.2 Å². The van der Waals surface area contributed by atoms with Crippen molar-refractivity contribution in [3.8, 4) is 5.88 Å². The molecule has 1 N–H and O–H groups in total. The zero-order valence-corrected chi connectivity index (χ0v) is 17.2. The molecule has 0 radical (unpaired) electrons. The van der Waals surface area contributed by atoms with E-state index >= 15 is 0 Å². The van der Waals surface area contributed by atoms with Gasteiger partial charge in [0.25, 0.3) is 0 Å². The summed E-state index contributed by atoms with van der Waals surface area (Å²) >= 11 is 0. The highest BCUT2D eigenvalue weighted by Crippen LogP contribution is 2.38. The average molecular weight is 405 g/mol. The van der Waals surface area contributed by atoms with Crippen LogP contribution >= 0.6 is 0 Å². The fourth-order valence-corrected chi connectivity index (χ4v) is 5.08. The van der Waals surface area contributed by atoms with E-state index in [-0.39, 0.29) is 0 Å². The molecule has 0 amide bonds. The van der Waals surface area contributed by atoms with Crippen molar-refractivity contribution in [3.05, 3.63) is 65.2 Å². The number of likely N-dealkylation sites (tertiary alicyclic amines) is 1. The second-order valence-electron chi connectivity index (χ2n) is 8.56. The number of rotatable bonds is 5. The highest BCUT2D eigenvalue weighted by atomic mass is 16.5. The van der Waals surface area contributed by atoms with Gasteiger partial charge in [-0.3, -0.25) is 4.90 Å². The Bertz CT molecular complexity index is 1050. The molecule has 1 aromatic heterocycles. The molecular weight excluding hydrogens is 376 g/mol. The number of nitrogens with zero attached hydrogens (tertiary/aromatic N) is 2. The molecule has 1 fully saturated rings. The van der Waals surface area contributed by atoms with Crippen LogP contribution in [0, 0.1) is 5.92 Å². The maximum absolute atomic E-state index is 12.1. The molecule has 0 atom stereocenters. The molecule has 0 spiro atoms. The van der Waals surface area contributed by atoms with Gasteiger partial charge in [-0.25, -0.2) is 4.79 Å². The van der Waals surface area contributed by atoms with Crippen molar-refractivity contribution in [2.45, 2.75) is 38.8 Å². The standard InChI is InChI=1S/C25H28N2O3/c28-25(29)23-22-20(8-4-9-21(22)27-12-5-15-30-24(23)27)16-18-10-13-26(14-11-18)17-19-6-2-1-3-7-19/h1-4,6-9,18H,5,10-17H2,(H,28,29). The summed E-state index contributed by atoms with van der Waals surface area (Å²) in [6.45, 7) is 4.61. The maximum Gasteiger partial charge on any atom is 0.341 e. The normalized spacial score (nSPS) is 17.6. The van der Waals surface area contributed by atoms with Crippen LogP contribution in [0.15, 0.2) is 48.5 Å². The van der Waals surface area contributed by atoms with Crippen molar-refractivity contribution < 1.29 is 14.6 Å². The molecule has 156 valence electrons. The number of piperidine rings is 1. The van der Waals surface area contributed by atoms with Crippen molar-refractivity contribution in [3.63, 3.8) is 0 Å². The Labute approximate surface area is 176 Å². The monoisotopic (exact) mass is 404 g/mol. The van der Waals surface area contributed by atoms with Crippen LogP contribution in [-0.2, 0) is 19.5 Å². The van der Waals surface area contributed by atoms with Crippen molar-refractivity contribution >= 4 is 16.9 Å². The summed E-state index contributed by atoms with van der Waals surface area (Å²) in [6, 6.07) is 16.9. The lowest BCUT2D eigenvalue weighted by molar-refractivity contribution is 0.0691. The van der Waals surface area contributed by atoms with Crippen LogP contribution in [0.2, 0.25) is 0 Å². The Morgan fingerprint density at radius 3 is 2.60 bits per heavy atom. The second kappa shape index (κ2) is 8.15. The highest BCUT2D eigenvalue weighted by molar-refractivity contribution is 6.08. The summed E-state index contributed by atoms with van der Waals surface area (Å²) in [4.78, 5) is 14.6. The van der Waals surface area contributed by atoms with Crippen molar-refractivity contribution in [2.24, 2.45) is 5.92 Å². The summed E-state index contributed by atoms with van der Waals surface area (Å²) in [5.74, 6) is 0.233.